The van der Waals surface area contributed by atoms with Gasteiger partial charge in [0.2, 0.25) is 0 Å². The van der Waals surface area contributed by atoms with E-state index < -0.39 is 23.6 Å². The third-order valence-corrected chi connectivity index (χ3v) is 7.52. The highest BCUT2D eigenvalue weighted by atomic mass is 32.2. The number of fused-ring (bicyclic) bond motifs is 3. The van der Waals surface area contributed by atoms with E-state index in [1.807, 2.05) is 42.5 Å². The van der Waals surface area contributed by atoms with Crippen LogP contribution in [0, 0.1) is 11.6 Å². The van der Waals surface area contributed by atoms with Crippen LogP contribution in [0.1, 0.15) is 40.3 Å². The van der Waals surface area contributed by atoms with Crippen molar-refractivity contribution in [1.29, 1.82) is 0 Å². The number of aromatic nitrogens is 2. The van der Waals surface area contributed by atoms with Gasteiger partial charge in [0.15, 0.2) is 11.6 Å². The molecule has 5 rings (SSSR count). The summed E-state index contributed by atoms with van der Waals surface area (Å²) < 4.78 is 38.3. The summed E-state index contributed by atoms with van der Waals surface area (Å²) in [6.45, 7) is 2.17. The van der Waals surface area contributed by atoms with Crippen molar-refractivity contribution in [2.24, 2.45) is 5.73 Å². The van der Waals surface area contributed by atoms with Gasteiger partial charge in [-0.05, 0) is 60.0 Å². The van der Waals surface area contributed by atoms with Crippen LogP contribution in [-0.2, 0) is 16.1 Å². The van der Waals surface area contributed by atoms with Gasteiger partial charge in [-0.2, -0.15) is 0 Å². The van der Waals surface area contributed by atoms with Crippen LogP contribution in [0.2, 0.25) is 0 Å². The summed E-state index contributed by atoms with van der Waals surface area (Å²) in [6.07, 6.45) is 5.73. The molecule has 38 heavy (non-hydrogen) atoms. The van der Waals surface area contributed by atoms with Crippen molar-refractivity contribution in [2.45, 2.75) is 24.8 Å². The first-order valence-electron chi connectivity index (χ1n) is 12.1. The number of hydrogen-bond acceptors (Lipinski definition) is 7. The molecule has 2 aromatic heterocycles. The SMILES string of the molecule is CCOC(=O)C(N)CSC1c2cc(OCc3ccc4cc(F)c(F)cc4n3)ccc2C=Cc2ncccc21. The fraction of sp³-hybridized carbons (Fsp3) is 0.207. The highest BCUT2D eigenvalue weighted by Crippen LogP contribution is 2.43. The van der Waals surface area contributed by atoms with E-state index in [1.165, 1.54) is 0 Å². The Bertz CT molecular complexity index is 1530. The fourth-order valence-electron chi connectivity index (χ4n) is 4.24. The van der Waals surface area contributed by atoms with Gasteiger partial charge in [-0.15, -0.1) is 11.8 Å². The lowest BCUT2D eigenvalue weighted by Crippen LogP contribution is -2.34. The molecule has 2 atom stereocenters. The van der Waals surface area contributed by atoms with Crippen molar-refractivity contribution in [2.75, 3.05) is 12.4 Å². The molecule has 0 spiro atoms. The summed E-state index contributed by atoms with van der Waals surface area (Å²) in [7, 11) is 0. The van der Waals surface area contributed by atoms with E-state index in [4.69, 9.17) is 15.2 Å². The average molecular weight is 534 g/mol. The molecule has 0 aliphatic heterocycles. The third-order valence-electron chi connectivity index (χ3n) is 6.12. The van der Waals surface area contributed by atoms with Gasteiger partial charge in [0.1, 0.15) is 18.4 Å². The number of carbonyl (C=O) groups excluding carboxylic acids is 1. The lowest BCUT2D eigenvalue weighted by molar-refractivity contribution is -0.144. The third kappa shape index (κ3) is 5.54. The number of esters is 1. The number of carbonyl (C=O) groups is 1. The first kappa shape index (κ1) is 25.8. The minimum atomic E-state index is -0.942. The summed E-state index contributed by atoms with van der Waals surface area (Å²) in [5.74, 6) is -1.30. The predicted octanol–water partition coefficient (Wildman–Crippen LogP) is 5.68. The van der Waals surface area contributed by atoms with E-state index in [0.717, 1.165) is 34.5 Å². The summed E-state index contributed by atoms with van der Waals surface area (Å²) in [6, 6.07) is 14.6. The van der Waals surface area contributed by atoms with Crippen LogP contribution in [0.3, 0.4) is 0 Å². The molecule has 2 N–H and O–H groups in total. The molecule has 6 nitrogen and oxygen atoms in total. The van der Waals surface area contributed by atoms with Crippen molar-refractivity contribution in [3.8, 4) is 5.75 Å². The van der Waals surface area contributed by atoms with Gasteiger partial charge in [0.25, 0.3) is 0 Å². The minimum Gasteiger partial charge on any atom is -0.487 e. The Labute approximate surface area is 222 Å². The molecule has 4 aromatic rings. The Morgan fingerprint density at radius 3 is 2.76 bits per heavy atom. The number of nitrogens with zero attached hydrogens (tertiary/aromatic N) is 2. The largest absolute Gasteiger partial charge is 0.487 e. The van der Waals surface area contributed by atoms with E-state index in [1.54, 1.807) is 37.0 Å². The number of benzene rings is 2. The van der Waals surface area contributed by atoms with Crippen LogP contribution in [0.4, 0.5) is 8.78 Å². The van der Waals surface area contributed by atoms with Crippen LogP contribution < -0.4 is 10.5 Å². The Kier molecular flexibility index (Phi) is 7.67. The van der Waals surface area contributed by atoms with E-state index in [-0.39, 0.29) is 18.5 Å². The average Bonchev–Trinajstić information content (AvgIpc) is 3.07. The molecule has 2 aromatic carbocycles. The quantitative estimate of drug-likeness (QED) is 0.292. The Morgan fingerprint density at radius 1 is 1.08 bits per heavy atom. The number of pyridine rings is 2. The number of hydrogen-bond donors (Lipinski definition) is 1. The van der Waals surface area contributed by atoms with Gasteiger partial charge in [-0.3, -0.25) is 9.78 Å². The molecule has 0 saturated carbocycles. The lowest BCUT2D eigenvalue weighted by Gasteiger charge is -2.22. The molecule has 0 radical (unpaired) electrons. The van der Waals surface area contributed by atoms with Gasteiger partial charge >= 0.3 is 5.97 Å². The number of ether oxygens (including phenoxy) is 2. The molecule has 2 unspecified atom stereocenters. The normalized spacial score (nSPS) is 14.9. The van der Waals surface area contributed by atoms with E-state index in [9.17, 15) is 13.6 Å². The van der Waals surface area contributed by atoms with Crippen molar-refractivity contribution < 1.29 is 23.0 Å². The van der Waals surface area contributed by atoms with Gasteiger partial charge in [0, 0.05) is 23.4 Å². The Morgan fingerprint density at radius 2 is 1.92 bits per heavy atom. The van der Waals surface area contributed by atoms with Gasteiger partial charge in [-0.25, -0.2) is 13.8 Å². The maximum Gasteiger partial charge on any atom is 0.323 e. The van der Waals surface area contributed by atoms with Gasteiger partial charge < -0.3 is 15.2 Å². The van der Waals surface area contributed by atoms with Crippen molar-refractivity contribution in [1.82, 2.24) is 9.97 Å². The number of rotatable bonds is 8. The molecular weight excluding hydrogens is 508 g/mol. The first-order valence-corrected chi connectivity index (χ1v) is 13.2. The summed E-state index contributed by atoms with van der Waals surface area (Å²) >= 11 is 1.55. The number of halogens is 2. The minimum absolute atomic E-state index is 0.146. The van der Waals surface area contributed by atoms with Crippen LogP contribution in [0.25, 0.3) is 23.1 Å². The maximum atomic E-state index is 13.7. The van der Waals surface area contributed by atoms with E-state index in [0.29, 0.717) is 28.1 Å². The molecule has 2 heterocycles. The van der Waals surface area contributed by atoms with Crippen LogP contribution >= 0.6 is 11.8 Å². The van der Waals surface area contributed by atoms with Crippen LogP contribution in [0.5, 0.6) is 5.75 Å². The van der Waals surface area contributed by atoms with Crippen LogP contribution in [0.15, 0.2) is 60.8 Å². The fourth-order valence-corrected chi connectivity index (χ4v) is 5.54. The molecule has 9 heteroatoms. The molecule has 0 fully saturated rings. The summed E-state index contributed by atoms with van der Waals surface area (Å²) in [5.41, 5.74) is 10.9. The van der Waals surface area contributed by atoms with Crippen molar-refractivity contribution >= 4 is 40.8 Å². The number of nitrogens with two attached hydrogens (primary N) is 1. The molecule has 194 valence electrons. The Balaban J connectivity index is 1.40. The first-order chi connectivity index (χ1) is 18.4. The lowest BCUT2D eigenvalue weighted by atomic mass is 10.0. The zero-order valence-electron chi connectivity index (χ0n) is 20.6. The Hall–Kier alpha value is -3.82. The van der Waals surface area contributed by atoms with Gasteiger partial charge in [0.05, 0.1) is 28.8 Å². The molecule has 0 saturated heterocycles. The molecular formula is C29H25F2N3O3S. The molecule has 1 aliphatic carbocycles. The summed E-state index contributed by atoms with van der Waals surface area (Å²) in [5, 5.41) is 0.363. The van der Waals surface area contributed by atoms with Gasteiger partial charge in [-0.1, -0.05) is 24.3 Å². The van der Waals surface area contributed by atoms with E-state index in [2.05, 4.69) is 9.97 Å². The topological polar surface area (TPSA) is 87.3 Å². The van der Waals surface area contributed by atoms with E-state index >= 15 is 0 Å². The number of thioether (sulfide) groups is 1. The van der Waals surface area contributed by atoms with Crippen LogP contribution in [-0.4, -0.2) is 34.3 Å². The highest BCUT2D eigenvalue weighted by molar-refractivity contribution is 7.99. The predicted molar refractivity (Wildman–Crippen MR) is 145 cm³/mol. The monoisotopic (exact) mass is 533 g/mol. The highest BCUT2D eigenvalue weighted by Gasteiger charge is 2.26. The standard InChI is InChI=1S/C29H25F2N3O3S/c1-2-36-29(35)25(32)16-38-28-21-4-3-11-33-26(21)10-7-17-6-9-20(13-22(17)28)37-15-19-8-5-18-12-23(30)24(31)14-27(18)34-19/h3-14,25,28H,2,15-16,32H2,1H3. The second kappa shape index (κ2) is 11.3. The summed E-state index contributed by atoms with van der Waals surface area (Å²) in [4.78, 5) is 21.0. The molecule has 0 amide bonds. The second-order valence-corrected chi connectivity index (χ2v) is 9.86. The van der Waals surface area contributed by atoms with Crippen molar-refractivity contribution in [3.05, 3.63) is 101 Å². The zero-order valence-corrected chi connectivity index (χ0v) is 21.4. The molecule has 1 aliphatic rings. The maximum absolute atomic E-state index is 13.7. The molecule has 0 bridgehead atoms. The smallest absolute Gasteiger partial charge is 0.323 e. The van der Waals surface area contributed by atoms with Crippen molar-refractivity contribution in [3.63, 3.8) is 0 Å². The second-order valence-electron chi connectivity index (χ2n) is 8.72. The zero-order chi connectivity index (χ0) is 26.6.